The van der Waals surface area contributed by atoms with Crippen LogP contribution >= 0.6 is 11.3 Å². The Bertz CT molecular complexity index is 1590. The average Bonchev–Trinajstić information content (AvgIpc) is 3.32. The van der Waals surface area contributed by atoms with Crippen LogP contribution in [-0.2, 0) is 4.74 Å². The number of nitrogens with zero attached hydrogens (tertiary/aromatic N) is 3. The van der Waals surface area contributed by atoms with E-state index in [4.69, 9.17) is 9.47 Å². The minimum atomic E-state index is 0.0481. The van der Waals surface area contributed by atoms with Crippen molar-refractivity contribution < 1.29 is 9.47 Å². The number of anilines is 3. The van der Waals surface area contributed by atoms with E-state index in [2.05, 4.69) is 52.9 Å². The van der Waals surface area contributed by atoms with Crippen LogP contribution in [-0.4, -0.2) is 21.6 Å². The molecule has 0 aliphatic rings. The highest BCUT2D eigenvalue weighted by Crippen LogP contribution is 2.32. The molecule has 5 rings (SSSR count). The van der Waals surface area contributed by atoms with E-state index in [1.165, 1.54) is 0 Å². The Kier molecular flexibility index (Phi) is 6.67. The van der Waals surface area contributed by atoms with E-state index in [1.807, 2.05) is 67.0 Å². The van der Waals surface area contributed by atoms with E-state index in [-0.39, 0.29) is 5.41 Å². The molecule has 0 saturated carbocycles. The monoisotopic (exact) mass is 511 g/mol. The summed E-state index contributed by atoms with van der Waals surface area (Å²) in [4.78, 5) is 13.3. The lowest BCUT2D eigenvalue weighted by molar-refractivity contribution is 0.132. The van der Waals surface area contributed by atoms with E-state index in [0.29, 0.717) is 18.3 Å². The number of benzene rings is 3. The van der Waals surface area contributed by atoms with Gasteiger partial charge in [0.1, 0.15) is 23.6 Å². The fraction of sp³-hybridized carbons (Fsp3) is 0.207. The molecule has 0 unspecified atom stereocenters. The minimum Gasteiger partial charge on any atom is -0.479 e. The predicted octanol–water partition coefficient (Wildman–Crippen LogP) is 8.03. The van der Waals surface area contributed by atoms with Crippen LogP contribution in [0.1, 0.15) is 26.3 Å². The van der Waals surface area contributed by atoms with Crippen molar-refractivity contribution in [2.24, 2.45) is 5.41 Å². The summed E-state index contributed by atoms with van der Waals surface area (Å²) in [5, 5.41) is 7.54. The minimum absolute atomic E-state index is 0.0481. The van der Waals surface area contributed by atoms with Gasteiger partial charge in [-0.05, 0) is 73.0 Å². The van der Waals surface area contributed by atoms with Crippen LogP contribution in [0.15, 0.2) is 78.9 Å². The van der Waals surface area contributed by atoms with Gasteiger partial charge >= 0.3 is 0 Å². The van der Waals surface area contributed by atoms with Crippen molar-refractivity contribution in [3.63, 3.8) is 0 Å². The lowest BCUT2D eigenvalue weighted by Crippen LogP contribution is -2.16. The molecule has 2 N–H and O–H groups in total. The van der Waals surface area contributed by atoms with Crippen molar-refractivity contribution in [3.05, 3.63) is 84.5 Å². The molecule has 0 amide bonds. The molecule has 5 aromatic rings. The topological polar surface area (TPSA) is 81.2 Å². The molecule has 0 radical (unpaired) electrons. The van der Waals surface area contributed by atoms with Gasteiger partial charge in [0.05, 0.1) is 27.9 Å². The molecule has 188 valence electrons. The standard InChI is InChI=1S/C29H29N5O2S/c1-18-12-20(7-10-26(18)36-22-8-11-27-25(14-22)32-17-37-27)34-28-23-13-21(6-9-24(23)30-16-31-28)33-19(2)35-15-29(3,4)5/h6-14,16-17,33H,2,15H2,1,3-5H3,(H,30,31,34). The fourth-order valence-corrected chi connectivity index (χ4v) is 4.40. The van der Waals surface area contributed by atoms with E-state index in [9.17, 15) is 0 Å². The number of thiazole rings is 1. The second-order valence-electron chi connectivity index (χ2n) is 10.0. The molecule has 7 nitrogen and oxygen atoms in total. The predicted molar refractivity (Wildman–Crippen MR) is 152 cm³/mol. The number of aryl methyl sites for hydroxylation is 1. The molecule has 0 bridgehead atoms. The van der Waals surface area contributed by atoms with Gasteiger partial charge in [0.25, 0.3) is 0 Å². The van der Waals surface area contributed by atoms with Crippen LogP contribution in [0.4, 0.5) is 17.2 Å². The summed E-state index contributed by atoms with van der Waals surface area (Å²) in [6.45, 7) is 12.9. The first-order valence-electron chi connectivity index (χ1n) is 12.0. The van der Waals surface area contributed by atoms with Crippen LogP contribution in [0.3, 0.4) is 0 Å². The van der Waals surface area contributed by atoms with Gasteiger partial charge in [-0.2, -0.15) is 0 Å². The van der Waals surface area contributed by atoms with Gasteiger partial charge in [0.2, 0.25) is 0 Å². The van der Waals surface area contributed by atoms with Crippen molar-refractivity contribution in [1.82, 2.24) is 15.0 Å². The maximum atomic E-state index is 6.14. The number of aromatic nitrogens is 3. The van der Waals surface area contributed by atoms with Crippen molar-refractivity contribution >= 4 is 49.6 Å². The van der Waals surface area contributed by atoms with Crippen LogP contribution in [0.2, 0.25) is 0 Å². The number of hydrogen-bond acceptors (Lipinski definition) is 8. The molecule has 3 aromatic carbocycles. The van der Waals surface area contributed by atoms with Crippen LogP contribution in [0.25, 0.3) is 21.1 Å². The summed E-state index contributed by atoms with van der Waals surface area (Å²) in [6.07, 6.45) is 1.56. The zero-order chi connectivity index (χ0) is 26.0. The molecule has 0 saturated heterocycles. The van der Waals surface area contributed by atoms with Gasteiger partial charge in [-0.1, -0.05) is 20.8 Å². The lowest BCUT2D eigenvalue weighted by Gasteiger charge is -2.20. The average molecular weight is 512 g/mol. The third-order valence-corrected chi connectivity index (χ3v) is 6.38. The SMILES string of the molecule is C=C(Nc1ccc2ncnc(Nc3ccc(Oc4ccc5scnc5c4)c(C)c3)c2c1)OCC(C)(C)C. The molecular formula is C29H29N5O2S. The quantitative estimate of drug-likeness (QED) is 0.204. The zero-order valence-corrected chi connectivity index (χ0v) is 22.1. The Balaban J connectivity index is 1.33. The Labute approximate surface area is 220 Å². The zero-order valence-electron chi connectivity index (χ0n) is 21.3. The van der Waals surface area contributed by atoms with Crippen molar-refractivity contribution in [2.75, 3.05) is 17.2 Å². The Morgan fingerprint density at radius 3 is 2.59 bits per heavy atom. The largest absolute Gasteiger partial charge is 0.479 e. The summed E-state index contributed by atoms with van der Waals surface area (Å²) in [6, 6.07) is 17.8. The number of ether oxygens (including phenoxy) is 2. The molecule has 0 spiro atoms. The molecule has 8 heteroatoms. The van der Waals surface area contributed by atoms with Gasteiger partial charge in [-0.25, -0.2) is 15.0 Å². The highest BCUT2D eigenvalue weighted by Gasteiger charge is 2.12. The third kappa shape index (κ3) is 5.98. The first kappa shape index (κ1) is 24.5. The Morgan fingerprint density at radius 1 is 0.946 bits per heavy atom. The molecule has 2 aromatic heterocycles. The molecule has 37 heavy (non-hydrogen) atoms. The maximum absolute atomic E-state index is 6.14. The molecular weight excluding hydrogens is 482 g/mol. The number of fused-ring (bicyclic) bond motifs is 2. The summed E-state index contributed by atoms with van der Waals surface area (Å²) in [7, 11) is 0. The Hall–Kier alpha value is -4.17. The van der Waals surface area contributed by atoms with Crippen LogP contribution in [0, 0.1) is 12.3 Å². The number of rotatable bonds is 8. The molecule has 0 aliphatic heterocycles. The smallest absolute Gasteiger partial charge is 0.183 e. The third-order valence-electron chi connectivity index (χ3n) is 5.57. The van der Waals surface area contributed by atoms with Crippen LogP contribution < -0.4 is 15.4 Å². The number of nitrogens with one attached hydrogen (secondary N) is 2. The maximum Gasteiger partial charge on any atom is 0.183 e. The van der Waals surface area contributed by atoms with Crippen LogP contribution in [0.5, 0.6) is 11.5 Å². The molecule has 0 fully saturated rings. The van der Waals surface area contributed by atoms with Gasteiger partial charge in [0, 0.05) is 22.8 Å². The first-order valence-corrected chi connectivity index (χ1v) is 12.8. The molecule has 0 atom stereocenters. The Morgan fingerprint density at radius 2 is 1.78 bits per heavy atom. The first-order chi connectivity index (χ1) is 17.7. The van der Waals surface area contributed by atoms with E-state index in [1.54, 1.807) is 17.7 Å². The summed E-state index contributed by atoms with van der Waals surface area (Å²) in [5.41, 5.74) is 6.40. The molecule has 0 aliphatic carbocycles. The van der Waals surface area contributed by atoms with Crippen molar-refractivity contribution in [2.45, 2.75) is 27.7 Å². The van der Waals surface area contributed by atoms with E-state index >= 15 is 0 Å². The normalized spacial score (nSPS) is 11.5. The highest BCUT2D eigenvalue weighted by atomic mass is 32.1. The lowest BCUT2D eigenvalue weighted by atomic mass is 9.99. The van der Waals surface area contributed by atoms with E-state index in [0.717, 1.165) is 49.6 Å². The van der Waals surface area contributed by atoms with Gasteiger partial charge in [-0.3, -0.25) is 0 Å². The summed E-state index contributed by atoms with van der Waals surface area (Å²) < 4.78 is 13.0. The van der Waals surface area contributed by atoms with Gasteiger partial charge in [-0.15, -0.1) is 11.3 Å². The van der Waals surface area contributed by atoms with Crippen molar-refractivity contribution in [1.29, 1.82) is 0 Å². The van der Waals surface area contributed by atoms with Gasteiger partial charge in [0.15, 0.2) is 5.88 Å². The summed E-state index contributed by atoms with van der Waals surface area (Å²) in [5.74, 6) is 2.75. The van der Waals surface area contributed by atoms with Gasteiger partial charge < -0.3 is 20.1 Å². The molecule has 2 heterocycles. The summed E-state index contributed by atoms with van der Waals surface area (Å²) >= 11 is 1.62. The second kappa shape index (κ2) is 10.1. The van der Waals surface area contributed by atoms with Crippen molar-refractivity contribution in [3.8, 4) is 11.5 Å². The highest BCUT2D eigenvalue weighted by molar-refractivity contribution is 7.16. The fourth-order valence-electron chi connectivity index (χ4n) is 3.74. The van der Waals surface area contributed by atoms with E-state index < -0.39 is 0 Å². The second-order valence-corrected chi connectivity index (χ2v) is 10.9. The number of hydrogen-bond donors (Lipinski definition) is 2.